The lowest BCUT2D eigenvalue weighted by atomic mass is 10.0. The lowest BCUT2D eigenvalue weighted by molar-refractivity contribution is -0.161. The first-order valence-electron chi connectivity index (χ1n) is 43.4. The third-order valence-electron chi connectivity index (χ3n) is 17.9. The van der Waals surface area contributed by atoms with Gasteiger partial charge in [0, 0.05) is 19.3 Å². The van der Waals surface area contributed by atoms with Crippen molar-refractivity contribution in [2.75, 3.05) is 39.6 Å². The molecule has 111 heavy (non-hydrogen) atoms. The van der Waals surface area contributed by atoms with Gasteiger partial charge < -0.3 is 34.2 Å². The molecular weight excluding hydrogens is 1430 g/mol. The molecule has 0 fully saturated rings. The summed E-state index contributed by atoms with van der Waals surface area (Å²) in [6, 6.07) is 0. The molecule has 4 N–H and O–H groups in total. The van der Waals surface area contributed by atoms with Gasteiger partial charge in [0.1, 0.15) is 25.4 Å². The largest absolute Gasteiger partial charge is 0.472 e. The molecule has 16 nitrogen and oxygen atoms in total. The number of carbonyl (C=O) groups is 3. The maximum atomic E-state index is 13.1. The highest BCUT2D eigenvalue weighted by Gasteiger charge is 2.29. The van der Waals surface area contributed by atoms with Crippen molar-refractivity contribution in [1.82, 2.24) is 0 Å². The highest BCUT2D eigenvalue weighted by Crippen LogP contribution is 2.45. The van der Waals surface area contributed by atoms with E-state index in [9.17, 15) is 43.5 Å². The van der Waals surface area contributed by atoms with Crippen LogP contribution in [0.2, 0.25) is 0 Å². The van der Waals surface area contributed by atoms with Gasteiger partial charge in [0.25, 0.3) is 0 Å². The van der Waals surface area contributed by atoms with Crippen LogP contribution in [0.15, 0.2) is 170 Å². The molecule has 0 aromatic rings. The molecular formula is C93H156O16P2. The zero-order valence-corrected chi connectivity index (χ0v) is 71.4. The normalized spacial score (nSPS) is 14.7. The fraction of sp³-hybridized carbons (Fsp3) is 0.667. The van der Waals surface area contributed by atoms with Crippen LogP contribution in [-0.2, 0) is 55.8 Å². The first-order valence-corrected chi connectivity index (χ1v) is 46.4. The Kier molecular flexibility index (Phi) is 80.4. The van der Waals surface area contributed by atoms with Crippen LogP contribution >= 0.6 is 15.6 Å². The van der Waals surface area contributed by atoms with E-state index in [1.165, 1.54) is 96.3 Å². The van der Waals surface area contributed by atoms with Crippen molar-refractivity contribution in [1.29, 1.82) is 0 Å². The van der Waals surface area contributed by atoms with Crippen molar-refractivity contribution in [3.8, 4) is 0 Å². The Morgan fingerprint density at radius 2 is 0.477 bits per heavy atom. The summed E-state index contributed by atoms with van der Waals surface area (Å²) >= 11 is 0. The molecule has 0 aromatic carbocycles. The van der Waals surface area contributed by atoms with Crippen LogP contribution in [0.25, 0.3) is 0 Å². The number of allylic oxidation sites excluding steroid dienone is 28. The van der Waals surface area contributed by atoms with E-state index >= 15 is 0 Å². The number of phosphoric ester groups is 2. The second kappa shape index (κ2) is 84.3. The highest BCUT2D eigenvalue weighted by molar-refractivity contribution is 7.47. The van der Waals surface area contributed by atoms with E-state index in [0.29, 0.717) is 19.3 Å². The predicted molar refractivity (Wildman–Crippen MR) is 463 cm³/mol. The Labute approximate surface area is 675 Å². The molecule has 0 aliphatic carbocycles. The summed E-state index contributed by atoms with van der Waals surface area (Å²) in [5.41, 5.74) is 0. The van der Waals surface area contributed by atoms with Gasteiger partial charge in [-0.15, -0.1) is 0 Å². The summed E-state index contributed by atoms with van der Waals surface area (Å²) < 4.78 is 61.4. The van der Waals surface area contributed by atoms with E-state index in [1.807, 2.05) is 0 Å². The lowest BCUT2D eigenvalue weighted by Crippen LogP contribution is -2.30. The summed E-state index contributed by atoms with van der Waals surface area (Å²) in [6.45, 7) is 2.43. The van der Waals surface area contributed by atoms with Gasteiger partial charge in [-0.1, -0.05) is 339 Å². The molecule has 0 saturated carbocycles. The minimum absolute atomic E-state index is 0.0842. The monoisotopic (exact) mass is 1590 g/mol. The number of aliphatic hydroxyl groups excluding tert-OH is 2. The fourth-order valence-corrected chi connectivity index (χ4v) is 13.0. The minimum Gasteiger partial charge on any atom is -0.463 e. The van der Waals surface area contributed by atoms with Crippen LogP contribution in [-0.4, -0.2) is 95.9 Å². The van der Waals surface area contributed by atoms with Gasteiger partial charge in [0.15, 0.2) is 6.10 Å². The van der Waals surface area contributed by atoms with Crippen molar-refractivity contribution in [2.24, 2.45) is 0 Å². The number of rotatable bonds is 81. The molecule has 0 bridgehead atoms. The second-order valence-electron chi connectivity index (χ2n) is 28.6. The number of hydrogen-bond donors (Lipinski definition) is 4. The average Bonchev–Trinajstić information content (AvgIpc) is 0.898. The summed E-state index contributed by atoms with van der Waals surface area (Å²) in [4.78, 5) is 58.9. The molecule has 5 unspecified atom stereocenters. The Hall–Kier alpha value is -5.09. The summed E-state index contributed by atoms with van der Waals surface area (Å²) in [6.07, 6.45) is 108. The van der Waals surface area contributed by atoms with Crippen LogP contribution in [0.3, 0.4) is 0 Å². The van der Waals surface area contributed by atoms with Crippen LogP contribution in [0.1, 0.15) is 342 Å². The third-order valence-corrected chi connectivity index (χ3v) is 19.8. The Bertz CT molecular complexity index is 2700. The van der Waals surface area contributed by atoms with Crippen molar-refractivity contribution in [3.63, 3.8) is 0 Å². The van der Waals surface area contributed by atoms with Crippen LogP contribution in [0.5, 0.6) is 0 Å². The van der Waals surface area contributed by atoms with E-state index < -0.39 is 91.5 Å². The smallest absolute Gasteiger partial charge is 0.463 e. The number of phosphoric acid groups is 2. The van der Waals surface area contributed by atoms with Gasteiger partial charge in [0.05, 0.1) is 26.4 Å². The SMILES string of the molecule is CC/C=C\C/C=C\C/C=C\C/C=C\C/C=C\CCCCCCCCCCCC(=O)OCC(COP(=O)(O)OCC(O)COP(=O)(O)OCC(O)COC(=O)CCCCCCCCCCCCC/C=C\C/C=C\C/C=C\C/C=C\CCCCC)OC(=O)CCCCCCCCC/C=C\C/C=C\C/C=C\C/C=C\C/C=C\CC. The number of carbonyl (C=O) groups excluding carboxylic acids is 3. The van der Waals surface area contributed by atoms with Gasteiger partial charge in [-0.3, -0.25) is 32.5 Å². The molecule has 0 rings (SSSR count). The quantitative estimate of drug-likeness (QED) is 0.0146. The Morgan fingerprint density at radius 1 is 0.261 bits per heavy atom. The van der Waals surface area contributed by atoms with E-state index in [1.54, 1.807) is 0 Å². The van der Waals surface area contributed by atoms with Gasteiger partial charge in [-0.2, -0.15) is 0 Å². The molecule has 0 aliphatic heterocycles. The zero-order valence-electron chi connectivity index (χ0n) is 69.6. The van der Waals surface area contributed by atoms with Crippen molar-refractivity contribution in [2.45, 2.75) is 360 Å². The third kappa shape index (κ3) is 85.6. The van der Waals surface area contributed by atoms with Crippen molar-refractivity contribution in [3.05, 3.63) is 170 Å². The molecule has 0 amide bonds. The first-order chi connectivity index (χ1) is 54.2. The molecule has 634 valence electrons. The van der Waals surface area contributed by atoms with Crippen LogP contribution < -0.4 is 0 Å². The number of esters is 3. The van der Waals surface area contributed by atoms with E-state index in [2.05, 4.69) is 191 Å². The van der Waals surface area contributed by atoms with Crippen LogP contribution in [0.4, 0.5) is 0 Å². The molecule has 18 heteroatoms. The van der Waals surface area contributed by atoms with Gasteiger partial charge in [0.2, 0.25) is 0 Å². The van der Waals surface area contributed by atoms with Gasteiger partial charge in [-0.25, -0.2) is 9.13 Å². The van der Waals surface area contributed by atoms with Crippen LogP contribution in [0, 0.1) is 0 Å². The predicted octanol–water partition coefficient (Wildman–Crippen LogP) is 26.3. The summed E-state index contributed by atoms with van der Waals surface area (Å²) in [5.74, 6) is -1.60. The standard InChI is InChI=1S/C93H156O16P2/c1-4-7-10-13-16-19-22-25-28-31-34-37-40-42-43-45-48-49-52-55-58-61-64-67-70-73-76-79-91(96)103-82-88(94)83-105-110(99,100)106-84-89(95)85-107-111(101,102)108-87-90(109-93(98)81-78-75-72-69-66-63-60-57-54-51-46-39-36-33-30-27-24-21-18-15-12-9-6-3)86-104-92(97)80-77-74-71-68-65-62-59-56-53-50-47-44-41-38-35-32-29-26-23-20-17-14-11-8-5-2/h8-9,11-12,16-21,25-30,34-39,42-44,47,51,54,88-90,94-95H,4-7,10,13-15,22-24,31-33,40-41,45-46,48-50,52-53,55-87H2,1-3H3,(H,99,100)(H,101,102)/b11-8-,12-9-,19-16-,20-17-,21-18-,28-25-,29-26-,30-27-,37-34-,38-35-,39-36-,43-42-,47-44-,54-51-. The lowest BCUT2D eigenvalue weighted by Gasteiger charge is -2.21. The molecule has 0 saturated heterocycles. The molecule has 0 radical (unpaired) electrons. The minimum atomic E-state index is -4.95. The van der Waals surface area contributed by atoms with Gasteiger partial charge in [-0.05, 0) is 154 Å². The maximum Gasteiger partial charge on any atom is 0.472 e. The summed E-state index contributed by atoms with van der Waals surface area (Å²) in [7, 11) is -9.82. The van der Waals surface area contributed by atoms with E-state index in [4.69, 9.17) is 32.3 Å². The number of hydrogen-bond acceptors (Lipinski definition) is 14. The summed E-state index contributed by atoms with van der Waals surface area (Å²) in [5, 5.41) is 20.7. The number of ether oxygens (including phenoxy) is 3. The Morgan fingerprint density at radius 3 is 0.757 bits per heavy atom. The van der Waals surface area contributed by atoms with Crippen molar-refractivity contribution >= 4 is 33.6 Å². The Balaban J connectivity index is 4.69. The first kappa shape index (κ1) is 106. The fourth-order valence-electron chi connectivity index (χ4n) is 11.4. The molecule has 0 aromatic heterocycles. The molecule has 5 atom stereocenters. The molecule has 0 heterocycles. The highest BCUT2D eigenvalue weighted by atomic mass is 31.2. The van der Waals surface area contributed by atoms with Crippen molar-refractivity contribution < 1.29 is 75.8 Å². The molecule has 0 aliphatic rings. The van der Waals surface area contributed by atoms with E-state index in [-0.39, 0.29) is 19.3 Å². The topological polar surface area (TPSA) is 231 Å². The number of unbranched alkanes of at least 4 members (excludes halogenated alkanes) is 30. The van der Waals surface area contributed by atoms with E-state index in [0.717, 1.165) is 186 Å². The maximum absolute atomic E-state index is 13.1. The average molecular weight is 1590 g/mol. The molecule has 0 spiro atoms. The zero-order chi connectivity index (χ0) is 80.8. The van der Waals surface area contributed by atoms with Gasteiger partial charge >= 0.3 is 33.6 Å². The second-order valence-corrected chi connectivity index (χ2v) is 31.5. The number of aliphatic hydroxyl groups is 2.